The molecule has 2 N–H and O–H groups in total. The van der Waals surface area contributed by atoms with E-state index in [2.05, 4.69) is 19.2 Å². The van der Waals surface area contributed by atoms with E-state index in [0.717, 1.165) is 0 Å². The molecule has 2 fully saturated rings. The molecule has 0 spiro atoms. The molecule has 1 unspecified atom stereocenters. The van der Waals surface area contributed by atoms with Crippen molar-refractivity contribution in [3.63, 3.8) is 0 Å². The van der Waals surface area contributed by atoms with Gasteiger partial charge in [0.2, 0.25) is 0 Å². The highest BCUT2D eigenvalue weighted by molar-refractivity contribution is 4.99. The van der Waals surface area contributed by atoms with Crippen LogP contribution in [-0.2, 0) is 0 Å². The average molecular weight is 183 g/mol. The molecular formula is C11H21NO. The number of nitrogens with one attached hydrogen (secondary N) is 1. The highest BCUT2D eigenvalue weighted by Gasteiger charge is 2.42. The Balaban J connectivity index is 1.82. The Bertz CT molecular complexity index is 191. The summed E-state index contributed by atoms with van der Waals surface area (Å²) in [6, 6.07) is 1.31. The first-order chi connectivity index (χ1) is 6.13. The Morgan fingerprint density at radius 3 is 2.69 bits per heavy atom. The van der Waals surface area contributed by atoms with Gasteiger partial charge in [-0.2, -0.15) is 0 Å². The monoisotopic (exact) mass is 183 g/mol. The van der Waals surface area contributed by atoms with Crippen molar-refractivity contribution in [2.75, 3.05) is 6.61 Å². The molecular weight excluding hydrogens is 162 g/mol. The molecule has 2 aliphatic rings. The summed E-state index contributed by atoms with van der Waals surface area (Å²) in [5.41, 5.74) is 0.475. The molecule has 0 amide bonds. The van der Waals surface area contributed by atoms with Crippen molar-refractivity contribution in [3.8, 4) is 0 Å². The molecule has 2 nitrogen and oxygen atoms in total. The van der Waals surface area contributed by atoms with Gasteiger partial charge in [0.1, 0.15) is 0 Å². The SMILES string of the molecule is CC1(C)CCCC1N[C@@H]1C[C@H]1CO. The second kappa shape index (κ2) is 3.25. The van der Waals surface area contributed by atoms with Gasteiger partial charge in [-0.15, -0.1) is 0 Å². The minimum atomic E-state index is 0.366. The second-order valence-electron chi connectivity index (χ2n) is 5.38. The van der Waals surface area contributed by atoms with Crippen LogP contribution >= 0.6 is 0 Å². The lowest BCUT2D eigenvalue weighted by Crippen LogP contribution is -2.39. The highest BCUT2D eigenvalue weighted by Crippen LogP contribution is 2.40. The first-order valence-corrected chi connectivity index (χ1v) is 5.50. The molecule has 76 valence electrons. The molecule has 0 aliphatic heterocycles. The third-order valence-electron chi connectivity index (χ3n) is 3.83. The van der Waals surface area contributed by atoms with Gasteiger partial charge in [0.05, 0.1) is 0 Å². The molecule has 2 rings (SSSR count). The van der Waals surface area contributed by atoms with Crippen LogP contribution in [0.5, 0.6) is 0 Å². The van der Waals surface area contributed by atoms with Gasteiger partial charge in [-0.1, -0.05) is 20.3 Å². The smallest absolute Gasteiger partial charge is 0.0474 e. The summed E-state index contributed by atoms with van der Waals surface area (Å²) in [6.45, 7) is 5.08. The van der Waals surface area contributed by atoms with Crippen molar-refractivity contribution in [3.05, 3.63) is 0 Å². The van der Waals surface area contributed by atoms with Crippen LogP contribution in [0.3, 0.4) is 0 Å². The van der Waals surface area contributed by atoms with Crippen LogP contribution in [0.15, 0.2) is 0 Å². The van der Waals surface area contributed by atoms with Crippen LogP contribution in [0.1, 0.15) is 39.5 Å². The zero-order valence-corrected chi connectivity index (χ0v) is 8.71. The number of aliphatic hydroxyl groups is 1. The predicted octanol–water partition coefficient (Wildman–Crippen LogP) is 1.54. The van der Waals surface area contributed by atoms with Gasteiger partial charge in [-0.25, -0.2) is 0 Å². The summed E-state index contributed by atoms with van der Waals surface area (Å²) in [5.74, 6) is 0.552. The van der Waals surface area contributed by atoms with Gasteiger partial charge in [0, 0.05) is 18.7 Å². The average Bonchev–Trinajstić information content (AvgIpc) is 2.73. The molecule has 0 radical (unpaired) electrons. The molecule has 0 heterocycles. The molecule has 3 atom stereocenters. The Kier molecular flexibility index (Phi) is 2.37. The predicted molar refractivity (Wildman–Crippen MR) is 53.5 cm³/mol. The van der Waals surface area contributed by atoms with E-state index in [9.17, 15) is 0 Å². The Morgan fingerprint density at radius 1 is 1.46 bits per heavy atom. The molecule has 2 heteroatoms. The van der Waals surface area contributed by atoms with E-state index in [1.807, 2.05) is 0 Å². The number of hydrogen-bond donors (Lipinski definition) is 2. The van der Waals surface area contributed by atoms with Crippen LogP contribution in [0.2, 0.25) is 0 Å². The van der Waals surface area contributed by atoms with Crippen molar-refractivity contribution in [1.82, 2.24) is 5.32 Å². The van der Waals surface area contributed by atoms with Crippen molar-refractivity contribution in [1.29, 1.82) is 0 Å². The second-order valence-corrected chi connectivity index (χ2v) is 5.38. The van der Waals surface area contributed by atoms with Crippen LogP contribution in [0, 0.1) is 11.3 Å². The normalized spacial score (nSPS) is 42.2. The van der Waals surface area contributed by atoms with E-state index in [-0.39, 0.29) is 0 Å². The number of aliphatic hydroxyl groups excluding tert-OH is 1. The molecule has 2 saturated carbocycles. The van der Waals surface area contributed by atoms with Crippen molar-refractivity contribution < 1.29 is 5.11 Å². The quantitative estimate of drug-likeness (QED) is 0.695. The minimum Gasteiger partial charge on any atom is -0.396 e. The largest absolute Gasteiger partial charge is 0.396 e. The molecule has 0 bridgehead atoms. The zero-order chi connectivity index (χ0) is 9.47. The van der Waals surface area contributed by atoms with E-state index >= 15 is 0 Å². The standard InChI is InChI=1S/C11H21NO/c1-11(2)5-3-4-10(11)12-9-6-8(9)7-13/h8-10,12-13H,3-7H2,1-2H3/t8-,9+,10?/m0/s1. The lowest BCUT2D eigenvalue weighted by Gasteiger charge is -2.28. The Labute approximate surface area is 80.7 Å². The molecule has 0 saturated heterocycles. The Morgan fingerprint density at radius 2 is 2.23 bits per heavy atom. The molecule has 0 aromatic rings. The Hall–Kier alpha value is -0.0800. The summed E-state index contributed by atoms with van der Waals surface area (Å²) in [6.07, 6.45) is 5.22. The topological polar surface area (TPSA) is 32.3 Å². The maximum Gasteiger partial charge on any atom is 0.0474 e. The van der Waals surface area contributed by atoms with E-state index in [4.69, 9.17) is 5.11 Å². The summed E-state index contributed by atoms with van der Waals surface area (Å²) in [7, 11) is 0. The summed E-state index contributed by atoms with van der Waals surface area (Å²) < 4.78 is 0. The van der Waals surface area contributed by atoms with Crippen molar-refractivity contribution >= 4 is 0 Å². The third kappa shape index (κ3) is 1.89. The maximum atomic E-state index is 8.94. The van der Waals surface area contributed by atoms with Gasteiger partial charge in [-0.05, 0) is 30.6 Å². The van der Waals surface area contributed by atoms with E-state index in [1.54, 1.807) is 0 Å². The first-order valence-electron chi connectivity index (χ1n) is 5.50. The van der Waals surface area contributed by atoms with E-state index in [1.165, 1.54) is 25.7 Å². The highest BCUT2D eigenvalue weighted by atomic mass is 16.3. The minimum absolute atomic E-state index is 0.366. The van der Waals surface area contributed by atoms with Gasteiger partial charge in [0.25, 0.3) is 0 Å². The van der Waals surface area contributed by atoms with Crippen LogP contribution < -0.4 is 5.32 Å². The number of rotatable bonds is 3. The van der Waals surface area contributed by atoms with Crippen LogP contribution in [0.4, 0.5) is 0 Å². The maximum absolute atomic E-state index is 8.94. The summed E-state index contributed by atoms with van der Waals surface area (Å²) >= 11 is 0. The fraction of sp³-hybridized carbons (Fsp3) is 1.00. The van der Waals surface area contributed by atoms with E-state index in [0.29, 0.717) is 30.0 Å². The lowest BCUT2D eigenvalue weighted by atomic mass is 9.87. The van der Waals surface area contributed by atoms with Gasteiger partial charge < -0.3 is 10.4 Å². The van der Waals surface area contributed by atoms with Crippen molar-refractivity contribution in [2.45, 2.75) is 51.6 Å². The van der Waals surface area contributed by atoms with Gasteiger partial charge in [0.15, 0.2) is 0 Å². The summed E-state index contributed by atoms with van der Waals surface area (Å²) in [4.78, 5) is 0. The molecule has 13 heavy (non-hydrogen) atoms. The van der Waals surface area contributed by atoms with Crippen LogP contribution in [0.25, 0.3) is 0 Å². The zero-order valence-electron chi connectivity index (χ0n) is 8.71. The summed E-state index contributed by atoms with van der Waals surface area (Å²) in [5, 5.41) is 12.6. The van der Waals surface area contributed by atoms with Crippen LogP contribution in [-0.4, -0.2) is 23.8 Å². The van der Waals surface area contributed by atoms with E-state index < -0.39 is 0 Å². The molecule has 2 aliphatic carbocycles. The number of hydrogen-bond acceptors (Lipinski definition) is 2. The molecule has 0 aromatic heterocycles. The van der Waals surface area contributed by atoms with Gasteiger partial charge in [-0.3, -0.25) is 0 Å². The third-order valence-corrected chi connectivity index (χ3v) is 3.83. The lowest BCUT2D eigenvalue weighted by molar-refractivity contribution is 0.250. The first kappa shape index (κ1) is 9.47. The fourth-order valence-electron chi connectivity index (χ4n) is 2.55. The van der Waals surface area contributed by atoms with Gasteiger partial charge >= 0.3 is 0 Å². The fourth-order valence-corrected chi connectivity index (χ4v) is 2.55. The van der Waals surface area contributed by atoms with Crippen molar-refractivity contribution in [2.24, 2.45) is 11.3 Å². The molecule has 0 aromatic carbocycles.